The van der Waals surface area contributed by atoms with Crippen molar-refractivity contribution in [2.75, 3.05) is 5.32 Å². The van der Waals surface area contributed by atoms with Crippen LogP contribution in [0.3, 0.4) is 0 Å². The number of amides is 1. The summed E-state index contributed by atoms with van der Waals surface area (Å²) in [4.78, 5) is 22.6. The average molecular weight is 392 g/mol. The molecule has 0 radical (unpaired) electrons. The van der Waals surface area contributed by atoms with E-state index in [0.717, 1.165) is 5.56 Å². The fourth-order valence-electron chi connectivity index (χ4n) is 2.55. The summed E-state index contributed by atoms with van der Waals surface area (Å²) in [6.45, 7) is 2.03. The minimum atomic E-state index is -0.828. The summed E-state index contributed by atoms with van der Waals surface area (Å²) >= 11 is 0. The molecule has 1 atom stereocenters. The Hall–Kier alpha value is -3.87. The average Bonchev–Trinajstić information content (AvgIpc) is 2.74. The number of nitrogens with zero attached hydrogens (tertiary/aromatic N) is 1. The number of nitro groups is 1. The molecule has 0 unspecified atom stereocenters. The van der Waals surface area contributed by atoms with Crippen molar-refractivity contribution in [2.24, 2.45) is 0 Å². The molecule has 0 heterocycles. The van der Waals surface area contributed by atoms with Crippen LogP contribution in [0, 0.1) is 10.1 Å². The normalized spacial score (nSPS) is 11.3. The van der Waals surface area contributed by atoms with Crippen molar-refractivity contribution >= 4 is 17.3 Å². The van der Waals surface area contributed by atoms with Gasteiger partial charge < -0.3 is 14.8 Å². The minimum absolute atomic E-state index is 0.0961. The standard InChI is InChI=1S/C22H20N2O5/c1-16(29-21-9-5-8-19(14-21)24(26)27)22(25)23-18-10-12-20(13-11-18)28-15-17-6-3-2-4-7-17/h2-14,16H,15H2,1H3,(H,23,25)/t16-/m0/s1. The molecule has 148 valence electrons. The number of anilines is 1. The third-order valence-corrected chi connectivity index (χ3v) is 4.08. The Morgan fingerprint density at radius 3 is 2.41 bits per heavy atom. The quantitative estimate of drug-likeness (QED) is 0.448. The third-order valence-electron chi connectivity index (χ3n) is 4.08. The first-order valence-corrected chi connectivity index (χ1v) is 9.00. The van der Waals surface area contributed by atoms with Crippen LogP contribution in [0.25, 0.3) is 0 Å². The molecular formula is C22H20N2O5. The van der Waals surface area contributed by atoms with Crippen molar-refractivity contribution in [1.29, 1.82) is 0 Å². The highest BCUT2D eigenvalue weighted by atomic mass is 16.6. The zero-order valence-electron chi connectivity index (χ0n) is 15.8. The molecule has 1 N–H and O–H groups in total. The van der Waals surface area contributed by atoms with Crippen molar-refractivity contribution < 1.29 is 19.2 Å². The Balaban J connectivity index is 1.53. The first kappa shape index (κ1) is 19.9. The number of rotatable bonds is 8. The van der Waals surface area contributed by atoms with Crippen LogP contribution in [-0.2, 0) is 11.4 Å². The molecule has 3 aromatic carbocycles. The van der Waals surface area contributed by atoms with Crippen molar-refractivity contribution in [2.45, 2.75) is 19.6 Å². The number of ether oxygens (including phenoxy) is 2. The molecule has 7 heteroatoms. The van der Waals surface area contributed by atoms with Gasteiger partial charge in [0.1, 0.15) is 18.1 Å². The van der Waals surface area contributed by atoms with Gasteiger partial charge in [0.2, 0.25) is 0 Å². The van der Waals surface area contributed by atoms with E-state index in [0.29, 0.717) is 18.0 Å². The number of nitrogens with one attached hydrogen (secondary N) is 1. The third kappa shape index (κ3) is 5.80. The van der Waals surface area contributed by atoms with Crippen LogP contribution in [-0.4, -0.2) is 16.9 Å². The molecule has 0 fully saturated rings. The molecule has 1 amide bonds. The molecule has 0 aliphatic heterocycles. The summed E-state index contributed by atoms with van der Waals surface area (Å²) in [5.41, 5.74) is 1.56. The van der Waals surface area contributed by atoms with Gasteiger partial charge in [0.15, 0.2) is 6.10 Å². The Morgan fingerprint density at radius 1 is 1.00 bits per heavy atom. The van der Waals surface area contributed by atoms with E-state index in [1.54, 1.807) is 37.3 Å². The van der Waals surface area contributed by atoms with Crippen LogP contribution >= 0.6 is 0 Å². The SMILES string of the molecule is C[C@H](Oc1cccc([N+](=O)[O-])c1)C(=O)Nc1ccc(OCc2ccccc2)cc1. The van der Waals surface area contributed by atoms with Gasteiger partial charge in [-0.3, -0.25) is 14.9 Å². The molecule has 0 aliphatic carbocycles. The summed E-state index contributed by atoms with van der Waals surface area (Å²) in [6, 6.07) is 22.5. The number of non-ortho nitro benzene ring substituents is 1. The number of hydrogen-bond acceptors (Lipinski definition) is 5. The van der Waals surface area contributed by atoms with Gasteiger partial charge in [-0.25, -0.2) is 0 Å². The lowest BCUT2D eigenvalue weighted by molar-refractivity contribution is -0.384. The highest BCUT2D eigenvalue weighted by Gasteiger charge is 2.16. The van der Waals surface area contributed by atoms with E-state index in [1.165, 1.54) is 18.2 Å². The van der Waals surface area contributed by atoms with Crippen LogP contribution in [0.5, 0.6) is 11.5 Å². The summed E-state index contributed by atoms with van der Waals surface area (Å²) in [5.74, 6) is 0.578. The number of carbonyl (C=O) groups is 1. The predicted molar refractivity (Wildman–Crippen MR) is 109 cm³/mol. The van der Waals surface area contributed by atoms with E-state index in [2.05, 4.69) is 5.32 Å². The van der Waals surface area contributed by atoms with Gasteiger partial charge >= 0.3 is 0 Å². The number of carbonyl (C=O) groups excluding carboxylic acids is 1. The summed E-state index contributed by atoms with van der Waals surface area (Å²) < 4.78 is 11.2. The maximum absolute atomic E-state index is 12.3. The first-order chi connectivity index (χ1) is 14.0. The second-order valence-electron chi connectivity index (χ2n) is 6.30. The Kier molecular flexibility index (Phi) is 6.42. The van der Waals surface area contributed by atoms with Gasteiger partial charge in [-0.2, -0.15) is 0 Å². The molecule has 7 nitrogen and oxygen atoms in total. The van der Waals surface area contributed by atoms with Gasteiger partial charge in [-0.05, 0) is 42.8 Å². The second kappa shape index (κ2) is 9.36. The van der Waals surface area contributed by atoms with Gasteiger partial charge in [0.05, 0.1) is 11.0 Å². The second-order valence-corrected chi connectivity index (χ2v) is 6.30. The van der Waals surface area contributed by atoms with Gasteiger partial charge in [-0.15, -0.1) is 0 Å². The van der Waals surface area contributed by atoms with Crippen molar-refractivity contribution in [1.82, 2.24) is 0 Å². The smallest absolute Gasteiger partial charge is 0.273 e. The Labute approximate surface area is 168 Å². The van der Waals surface area contributed by atoms with E-state index in [1.807, 2.05) is 30.3 Å². The van der Waals surface area contributed by atoms with E-state index >= 15 is 0 Å². The highest BCUT2D eigenvalue weighted by Crippen LogP contribution is 2.21. The van der Waals surface area contributed by atoms with E-state index in [4.69, 9.17) is 9.47 Å². The maximum atomic E-state index is 12.3. The molecule has 0 bridgehead atoms. The van der Waals surface area contributed by atoms with Crippen LogP contribution < -0.4 is 14.8 Å². The molecular weight excluding hydrogens is 372 g/mol. The molecule has 29 heavy (non-hydrogen) atoms. The largest absolute Gasteiger partial charge is 0.489 e. The predicted octanol–water partition coefficient (Wildman–Crippen LogP) is 4.58. The maximum Gasteiger partial charge on any atom is 0.273 e. The topological polar surface area (TPSA) is 90.7 Å². The molecule has 0 aliphatic rings. The number of nitro benzene ring substituents is 1. The molecule has 0 saturated carbocycles. The van der Waals surface area contributed by atoms with E-state index in [9.17, 15) is 14.9 Å². The summed E-state index contributed by atoms with van der Waals surface area (Å²) in [5, 5.41) is 13.6. The van der Waals surface area contributed by atoms with Gasteiger partial charge in [0, 0.05) is 11.8 Å². The van der Waals surface area contributed by atoms with Gasteiger partial charge in [-0.1, -0.05) is 36.4 Å². The monoisotopic (exact) mass is 392 g/mol. The molecule has 0 saturated heterocycles. The van der Waals surface area contributed by atoms with Gasteiger partial charge in [0.25, 0.3) is 11.6 Å². The Morgan fingerprint density at radius 2 is 1.72 bits per heavy atom. The molecule has 0 aromatic heterocycles. The fraction of sp³-hybridized carbons (Fsp3) is 0.136. The lowest BCUT2D eigenvalue weighted by Gasteiger charge is -2.15. The summed E-state index contributed by atoms with van der Waals surface area (Å²) in [7, 11) is 0. The number of hydrogen-bond donors (Lipinski definition) is 1. The zero-order chi connectivity index (χ0) is 20.6. The van der Waals surface area contributed by atoms with Crippen molar-refractivity contribution in [3.63, 3.8) is 0 Å². The van der Waals surface area contributed by atoms with Crippen LogP contribution in [0.4, 0.5) is 11.4 Å². The Bertz CT molecular complexity index is 974. The molecule has 0 spiro atoms. The first-order valence-electron chi connectivity index (χ1n) is 9.00. The lowest BCUT2D eigenvalue weighted by atomic mass is 10.2. The molecule has 3 rings (SSSR count). The van der Waals surface area contributed by atoms with Crippen molar-refractivity contribution in [3.8, 4) is 11.5 Å². The minimum Gasteiger partial charge on any atom is -0.489 e. The van der Waals surface area contributed by atoms with E-state index < -0.39 is 11.0 Å². The molecule has 3 aromatic rings. The lowest BCUT2D eigenvalue weighted by Crippen LogP contribution is -2.30. The highest BCUT2D eigenvalue weighted by molar-refractivity contribution is 5.94. The van der Waals surface area contributed by atoms with Crippen LogP contribution in [0.2, 0.25) is 0 Å². The van der Waals surface area contributed by atoms with Crippen LogP contribution in [0.1, 0.15) is 12.5 Å². The zero-order valence-corrected chi connectivity index (χ0v) is 15.8. The van der Waals surface area contributed by atoms with Crippen LogP contribution in [0.15, 0.2) is 78.9 Å². The van der Waals surface area contributed by atoms with E-state index in [-0.39, 0.29) is 17.3 Å². The van der Waals surface area contributed by atoms with Crippen molar-refractivity contribution in [3.05, 3.63) is 94.5 Å². The fourth-order valence-corrected chi connectivity index (χ4v) is 2.55. The number of benzene rings is 3. The summed E-state index contributed by atoms with van der Waals surface area (Å²) in [6.07, 6.45) is -0.828.